The van der Waals surface area contributed by atoms with Crippen LogP contribution in [0.2, 0.25) is 0 Å². The summed E-state index contributed by atoms with van der Waals surface area (Å²) in [4.78, 5) is 11.7. The van der Waals surface area contributed by atoms with Crippen LogP contribution in [-0.4, -0.2) is 20.1 Å². The Morgan fingerprint density at radius 1 is 0.955 bits per heavy atom. The van der Waals surface area contributed by atoms with Crippen LogP contribution < -0.4 is 0 Å². The van der Waals surface area contributed by atoms with Gasteiger partial charge in [0.2, 0.25) is 0 Å². The minimum absolute atomic E-state index is 0.231. The van der Waals surface area contributed by atoms with Gasteiger partial charge in [-0.3, -0.25) is 0 Å². The molecular formula is C17H10N4O. The quantitative estimate of drug-likeness (QED) is 0.562. The SMILES string of the molecule is N#Cc1cc2c(cn1)[nH]c1ncc(-c3ccc(O)cc3)cc12. The minimum Gasteiger partial charge on any atom is -0.508 e. The van der Waals surface area contributed by atoms with Gasteiger partial charge in [-0.05, 0) is 29.8 Å². The fraction of sp³-hybridized carbons (Fsp3) is 0. The van der Waals surface area contributed by atoms with Crippen LogP contribution in [0.4, 0.5) is 0 Å². The van der Waals surface area contributed by atoms with Crippen LogP contribution in [0, 0.1) is 11.3 Å². The van der Waals surface area contributed by atoms with Gasteiger partial charge in [-0.25, -0.2) is 9.97 Å². The number of phenols is 1. The van der Waals surface area contributed by atoms with Gasteiger partial charge in [0.15, 0.2) is 0 Å². The Hall–Kier alpha value is -3.39. The van der Waals surface area contributed by atoms with E-state index in [0.717, 1.165) is 33.1 Å². The molecule has 0 unspecified atom stereocenters. The zero-order valence-corrected chi connectivity index (χ0v) is 11.4. The lowest BCUT2D eigenvalue weighted by Crippen LogP contribution is -1.81. The van der Waals surface area contributed by atoms with Crippen molar-refractivity contribution in [2.45, 2.75) is 0 Å². The zero-order valence-electron chi connectivity index (χ0n) is 11.4. The first-order chi connectivity index (χ1) is 10.7. The van der Waals surface area contributed by atoms with Crippen LogP contribution in [0.5, 0.6) is 5.75 Å². The lowest BCUT2D eigenvalue weighted by molar-refractivity contribution is 0.475. The predicted molar refractivity (Wildman–Crippen MR) is 83.2 cm³/mol. The molecule has 2 N–H and O–H groups in total. The summed E-state index contributed by atoms with van der Waals surface area (Å²) in [6.45, 7) is 0. The van der Waals surface area contributed by atoms with Gasteiger partial charge < -0.3 is 10.1 Å². The molecule has 22 heavy (non-hydrogen) atoms. The van der Waals surface area contributed by atoms with Crippen molar-refractivity contribution in [1.82, 2.24) is 15.0 Å². The number of hydrogen-bond donors (Lipinski definition) is 2. The van der Waals surface area contributed by atoms with Crippen LogP contribution in [0.1, 0.15) is 5.69 Å². The number of aromatic nitrogens is 3. The molecule has 0 bridgehead atoms. The van der Waals surface area contributed by atoms with Crippen molar-refractivity contribution in [3.8, 4) is 22.9 Å². The van der Waals surface area contributed by atoms with Crippen molar-refractivity contribution >= 4 is 21.9 Å². The lowest BCUT2D eigenvalue weighted by atomic mass is 10.1. The van der Waals surface area contributed by atoms with Gasteiger partial charge in [-0.15, -0.1) is 0 Å². The van der Waals surface area contributed by atoms with Gasteiger partial charge in [0, 0.05) is 22.5 Å². The molecule has 4 aromatic rings. The molecule has 0 saturated carbocycles. The number of rotatable bonds is 1. The van der Waals surface area contributed by atoms with Crippen LogP contribution >= 0.6 is 0 Å². The third-order valence-corrected chi connectivity index (χ3v) is 3.65. The second-order valence-corrected chi connectivity index (χ2v) is 5.02. The molecule has 0 aliphatic heterocycles. The Morgan fingerprint density at radius 2 is 1.77 bits per heavy atom. The minimum atomic E-state index is 0.231. The van der Waals surface area contributed by atoms with Gasteiger partial charge in [-0.1, -0.05) is 12.1 Å². The average Bonchev–Trinajstić information content (AvgIpc) is 2.92. The molecule has 5 heteroatoms. The van der Waals surface area contributed by atoms with Gasteiger partial charge in [0.05, 0.1) is 11.7 Å². The highest BCUT2D eigenvalue weighted by Gasteiger charge is 2.09. The molecule has 0 aliphatic rings. The topological polar surface area (TPSA) is 85.6 Å². The summed E-state index contributed by atoms with van der Waals surface area (Å²) in [5.41, 5.74) is 3.90. The van der Waals surface area contributed by atoms with Gasteiger partial charge in [0.1, 0.15) is 23.2 Å². The molecule has 0 amide bonds. The number of aromatic hydroxyl groups is 1. The van der Waals surface area contributed by atoms with Crippen LogP contribution in [0.25, 0.3) is 33.1 Å². The van der Waals surface area contributed by atoms with Crippen molar-refractivity contribution in [3.05, 3.63) is 54.5 Å². The molecule has 0 saturated heterocycles. The van der Waals surface area contributed by atoms with Crippen molar-refractivity contribution in [2.75, 3.05) is 0 Å². The number of benzene rings is 1. The molecule has 0 aliphatic carbocycles. The number of hydrogen-bond acceptors (Lipinski definition) is 4. The van der Waals surface area contributed by atoms with E-state index in [1.54, 1.807) is 30.6 Å². The molecule has 104 valence electrons. The van der Waals surface area contributed by atoms with Gasteiger partial charge >= 0.3 is 0 Å². The Labute approximate surface area is 125 Å². The second kappa shape index (κ2) is 4.57. The highest BCUT2D eigenvalue weighted by molar-refractivity contribution is 6.06. The maximum absolute atomic E-state index is 9.38. The van der Waals surface area contributed by atoms with E-state index in [-0.39, 0.29) is 5.75 Å². The first-order valence-electron chi connectivity index (χ1n) is 6.71. The van der Waals surface area contributed by atoms with E-state index >= 15 is 0 Å². The van der Waals surface area contributed by atoms with Crippen LogP contribution in [-0.2, 0) is 0 Å². The molecule has 4 rings (SSSR count). The van der Waals surface area contributed by atoms with E-state index in [4.69, 9.17) is 5.26 Å². The van der Waals surface area contributed by atoms with Crippen molar-refractivity contribution in [1.29, 1.82) is 5.26 Å². The largest absolute Gasteiger partial charge is 0.508 e. The molecule has 5 nitrogen and oxygen atoms in total. The smallest absolute Gasteiger partial charge is 0.141 e. The van der Waals surface area contributed by atoms with E-state index in [2.05, 4.69) is 21.0 Å². The predicted octanol–water partition coefficient (Wildman–Crippen LogP) is 3.36. The summed E-state index contributed by atoms with van der Waals surface area (Å²) in [5, 5.41) is 20.3. The zero-order chi connectivity index (χ0) is 15.1. The number of phenolic OH excluding ortho intramolecular Hbond substituents is 1. The third kappa shape index (κ3) is 1.86. The van der Waals surface area contributed by atoms with E-state index < -0.39 is 0 Å². The summed E-state index contributed by atoms with van der Waals surface area (Å²) in [5.74, 6) is 0.231. The molecule has 0 fully saturated rings. The van der Waals surface area contributed by atoms with Crippen molar-refractivity contribution in [3.63, 3.8) is 0 Å². The normalized spacial score (nSPS) is 10.9. The Kier molecular flexibility index (Phi) is 2.57. The second-order valence-electron chi connectivity index (χ2n) is 5.02. The Balaban J connectivity index is 1.97. The number of fused-ring (bicyclic) bond motifs is 3. The maximum atomic E-state index is 9.38. The van der Waals surface area contributed by atoms with Crippen LogP contribution in [0.15, 0.2) is 48.8 Å². The molecule has 1 aromatic carbocycles. The highest BCUT2D eigenvalue weighted by atomic mass is 16.3. The van der Waals surface area contributed by atoms with E-state index in [0.29, 0.717) is 5.69 Å². The first kappa shape index (κ1) is 12.4. The van der Waals surface area contributed by atoms with E-state index in [9.17, 15) is 5.11 Å². The molecule has 3 heterocycles. The van der Waals surface area contributed by atoms with E-state index in [1.165, 1.54) is 0 Å². The average molecular weight is 286 g/mol. The molecule has 0 atom stereocenters. The summed E-state index contributed by atoms with van der Waals surface area (Å²) in [6, 6.07) is 12.8. The van der Waals surface area contributed by atoms with Crippen LogP contribution in [0.3, 0.4) is 0 Å². The number of nitrogens with one attached hydrogen (secondary N) is 1. The summed E-state index contributed by atoms with van der Waals surface area (Å²) in [7, 11) is 0. The molecular weight excluding hydrogens is 276 g/mol. The molecule has 0 spiro atoms. The number of H-pyrrole nitrogens is 1. The monoisotopic (exact) mass is 286 g/mol. The standard InChI is InChI=1S/C17H10N4O/c18-7-12-6-14-15-5-11(10-1-3-13(22)4-2-10)8-20-17(15)21-16(14)9-19-12/h1-6,8-9,22H,(H,20,21). The highest BCUT2D eigenvalue weighted by Crippen LogP contribution is 2.29. The van der Waals surface area contributed by atoms with Gasteiger partial charge in [0.25, 0.3) is 0 Å². The maximum Gasteiger partial charge on any atom is 0.141 e. The fourth-order valence-electron chi connectivity index (χ4n) is 2.55. The molecule has 0 radical (unpaired) electrons. The summed E-state index contributed by atoms with van der Waals surface area (Å²) < 4.78 is 0. The number of nitriles is 1. The van der Waals surface area contributed by atoms with Crippen molar-refractivity contribution < 1.29 is 5.11 Å². The lowest BCUT2D eigenvalue weighted by Gasteiger charge is -2.02. The molecule has 3 aromatic heterocycles. The fourth-order valence-corrected chi connectivity index (χ4v) is 2.55. The summed E-state index contributed by atoms with van der Waals surface area (Å²) in [6.07, 6.45) is 3.43. The Morgan fingerprint density at radius 3 is 2.55 bits per heavy atom. The number of aromatic amines is 1. The first-order valence-corrected chi connectivity index (χ1v) is 6.71. The summed E-state index contributed by atoms with van der Waals surface area (Å²) >= 11 is 0. The van der Waals surface area contributed by atoms with Crippen molar-refractivity contribution in [2.24, 2.45) is 0 Å². The van der Waals surface area contributed by atoms with E-state index in [1.807, 2.05) is 18.2 Å². The number of pyridine rings is 2. The third-order valence-electron chi connectivity index (χ3n) is 3.65. The number of nitrogens with zero attached hydrogens (tertiary/aromatic N) is 3. The Bertz CT molecular complexity index is 1040. The van der Waals surface area contributed by atoms with Gasteiger partial charge in [-0.2, -0.15) is 5.26 Å².